The molecule has 7 nitrogen and oxygen atoms in total. The van der Waals surface area contributed by atoms with Gasteiger partial charge in [0.05, 0.1) is 18.1 Å². The van der Waals surface area contributed by atoms with E-state index in [1.807, 2.05) is 18.2 Å². The lowest BCUT2D eigenvalue weighted by molar-refractivity contribution is 0.102. The van der Waals surface area contributed by atoms with E-state index in [1.165, 1.54) is 24.5 Å². The van der Waals surface area contributed by atoms with Gasteiger partial charge in [0.25, 0.3) is 5.91 Å². The van der Waals surface area contributed by atoms with E-state index in [9.17, 15) is 9.18 Å². The van der Waals surface area contributed by atoms with Gasteiger partial charge in [-0.05, 0) is 29.8 Å². The second kappa shape index (κ2) is 7.28. The summed E-state index contributed by atoms with van der Waals surface area (Å²) >= 11 is 0. The van der Waals surface area contributed by atoms with Crippen LogP contribution in [0.4, 0.5) is 15.9 Å². The molecule has 2 aromatic carbocycles. The quantitative estimate of drug-likeness (QED) is 0.721. The van der Waals surface area contributed by atoms with E-state index in [4.69, 9.17) is 9.47 Å². The van der Waals surface area contributed by atoms with Crippen LogP contribution in [0.2, 0.25) is 0 Å². The second-order valence-electron chi connectivity index (χ2n) is 5.76. The maximum absolute atomic E-state index is 13.6. The highest BCUT2D eigenvalue weighted by Crippen LogP contribution is 2.32. The molecule has 1 aliphatic rings. The van der Waals surface area contributed by atoms with Gasteiger partial charge >= 0.3 is 0 Å². The molecule has 0 saturated heterocycles. The van der Waals surface area contributed by atoms with Gasteiger partial charge < -0.3 is 20.1 Å². The summed E-state index contributed by atoms with van der Waals surface area (Å²) in [6.45, 7) is 0.736. The predicted octanol–water partition coefficient (Wildman–Crippen LogP) is 3.21. The van der Waals surface area contributed by atoms with Crippen molar-refractivity contribution >= 4 is 17.4 Å². The molecule has 4 rings (SSSR count). The number of fused-ring (bicyclic) bond motifs is 1. The molecule has 8 heteroatoms. The van der Waals surface area contributed by atoms with Crippen molar-refractivity contribution in [3.05, 3.63) is 71.9 Å². The number of para-hydroxylation sites is 1. The van der Waals surface area contributed by atoms with Crippen LogP contribution in [-0.2, 0) is 6.54 Å². The monoisotopic (exact) mass is 366 g/mol. The van der Waals surface area contributed by atoms with Crippen LogP contribution in [0.25, 0.3) is 0 Å². The van der Waals surface area contributed by atoms with E-state index >= 15 is 0 Å². The number of anilines is 2. The Morgan fingerprint density at radius 1 is 1.07 bits per heavy atom. The van der Waals surface area contributed by atoms with Gasteiger partial charge in [0, 0.05) is 6.54 Å². The van der Waals surface area contributed by atoms with Crippen LogP contribution in [0.1, 0.15) is 16.1 Å². The third kappa shape index (κ3) is 3.79. The number of aromatic nitrogens is 2. The van der Waals surface area contributed by atoms with E-state index in [-0.39, 0.29) is 18.2 Å². The summed E-state index contributed by atoms with van der Waals surface area (Å²) in [6.07, 6.45) is 2.78. The number of nitrogens with one attached hydrogen (secondary N) is 2. The van der Waals surface area contributed by atoms with Gasteiger partial charge in [-0.2, -0.15) is 0 Å². The van der Waals surface area contributed by atoms with Crippen molar-refractivity contribution in [2.75, 3.05) is 17.4 Å². The Morgan fingerprint density at radius 3 is 2.74 bits per heavy atom. The zero-order chi connectivity index (χ0) is 18.6. The minimum absolute atomic E-state index is 0.0897. The van der Waals surface area contributed by atoms with Crippen molar-refractivity contribution in [3.8, 4) is 11.5 Å². The number of halogens is 1. The molecule has 136 valence electrons. The highest BCUT2D eigenvalue weighted by molar-refractivity contribution is 6.02. The van der Waals surface area contributed by atoms with Gasteiger partial charge in [-0.1, -0.05) is 18.2 Å². The molecular weight excluding hydrogens is 351 g/mol. The number of ether oxygens (including phenoxy) is 2. The molecule has 0 radical (unpaired) electrons. The topological polar surface area (TPSA) is 85.4 Å². The van der Waals surface area contributed by atoms with Gasteiger partial charge in [-0.3, -0.25) is 4.79 Å². The van der Waals surface area contributed by atoms with E-state index in [2.05, 4.69) is 20.6 Å². The van der Waals surface area contributed by atoms with E-state index < -0.39 is 11.7 Å². The van der Waals surface area contributed by atoms with Gasteiger partial charge in [-0.15, -0.1) is 0 Å². The largest absolute Gasteiger partial charge is 0.454 e. The smallest absolute Gasteiger partial charge is 0.275 e. The molecule has 0 fully saturated rings. The zero-order valence-electron chi connectivity index (χ0n) is 14.1. The van der Waals surface area contributed by atoms with Crippen molar-refractivity contribution in [2.24, 2.45) is 0 Å². The second-order valence-corrected chi connectivity index (χ2v) is 5.76. The number of carbonyl (C=O) groups is 1. The number of nitrogens with zero attached hydrogens (tertiary/aromatic N) is 2. The molecule has 2 N–H and O–H groups in total. The molecule has 3 aromatic rings. The molecule has 0 unspecified atom stereocenters. The molecule has 1 aromatic heterocycles. The number of hydrogen-bond donors (Lipinski definition) is 2. The fraction of sp³-hybridized carbons (Fsp3) is 0.105. The maximum atomic E-state index is 13.6. The van der Waals surface area contributed by atoms with E-state index in [0.29, 0.717) is 18.1 Å². The number of hydrogen-bond acceptors (Lipinski definition) is 6. The molecule has 27 heavy (non-hydrogen) atoms. The molecule has 0 atom stereocenters. The Bertz CT molecular complexity index is 979. The lowest BCUT2D eigenvalue weighted by atomic mass is 10.2. The molecule has 2 heterocycles. The average Bonchev–Trinajstić information content (AvgIpc) is 3.16. The molecule has 1 aliphatic heterocycles. The fourth-order valence-electron chi connectivity index (χ4n) is 2.53. The molecule has 0 bridgehead atoms. The summed E-state index contributed by atoms with van der Waals surface area (Å²) in [5.74, 6) is 0.898. The van der Waals surface area contributed by atoms with Crippen LogP contribution < -0.4 is 20.1 Å². The summed E-state index contributed by atoms with van der Waals surface area (Å²) in [5, 5.41) is 5.58. The summed E-state index contributed by atoms with van der Waals surface area (Å²) in [7, 11) is 0. The Labute approximate surface area is 154 Å². The summed E-state index contributed by atoms with van der Waals surface area (Å²) in [4.78, 5) is 20.4. The standard InChI is InChI=1S/C19H15FN4O3/c20-13-3-1-2-4-14(13)24-19(25)15-9-23-18(10-21-15)22-8-12-5-6-16-17(7-12)27-11-26-16/h1-7,9-10H,8,11H2,(H,22,23)(H,24,25). The molecular formula is C19H15FN4O3. The normalized spacial score (nSPS) is 11.9. The first-order valence-electron chi connectivity index (χ1n) is 8.19. The third-order valence-corrected chi connectivity index (χ3v) is 3.92. The minimum atomic E-state index is -0.532. The zero-order valence-corrected chi connectivity index (χ0v) is 14.1. The Kier molecular flexibility index (Phi) is 4.52. The first-order chi connectivity index (χ1) is 13.2. The average molecular weight is 366 g/mol. The van der Waals surface area contributed by atoms with Crippen molar-refractivity contribution in [1.29, 1.82) is 0 Å². The van der Waals surface area contributed by atoms with Crippen LogP contribution in [0.3, 0.4) is 0 Å². The SMILES string of the molecule is O=C(Nc1ccccc1F)c1cnc(NCc2ccc3c(c2)OCO3)cn1. The van der Waals surface area contributed by atoms with Crippen molar-refractivity contribution < 1.29 is 18.7 Å². The van der Waals surface area contributed by atoms with Gasteiger partial charge in [0.15, 0.2) is 11.5 Å². The van der Waals surface area contributed by atoms with Crippen molar-refractivity contribution in [2.45, 2.75) is 6.54 Å². The maximum Gasteiger partial charge on any atom is 0.275 e. The summed E-state index contributed by atoms with van der Waals surface area (Å²) in [6, 6.07) is 11.6. The van der Waals surface area contributed by atoms with Crippen LogP contribution >= 0.6 is 0 Å². The Hall–Kier alpha value is -3.68. The number of rotatable bonds is 5. The van der Waals surface area contributed by atoms with Crippen LogP contribution in [0, 0.1) is 5.82 Å². The lowest BCUT2D eigenvalue weighted by Gasteiger charge is -2.08. The van der Waals surface area contributed by atoms with E-state index in [0.717, 1.165) is 11.3 Å². The predicted molar refractivity (Wildman–Crippen MR) is 96.3 cm³/mol. The Morgan fingerprint density at radius 2 is 1.93 bits per heavy atom. The summed E-state index contributed by atoms with van der Waals surface area (Å²) in [5.41, 5.74) is 1.17. The molecule has 1 amide bonds. The first-order valence-corrected chi connectivity index (χ1v) is 8.19. The first kappa shape index (κ1) is 16.8. The summed E-state index contributed by atoms with van der Waals surface area (Å²) < 4.78 is 24.2. The van der Waals surface area contributed by atoms with Gasteiger partial charge in [-0.25, -0.2) is 14.4 Å². The van der Waals surface area contributed by atoms with Gasteiger partial charge in [0.1, 0.15) is 17.3 Å². The third-order valence-electron chi connectivity index (χ3n) is 3.92. The molecule has 0 spiro atoms. The highest BCUT2D eigenvalue weighted by atomic mass is 19.1. The van der Waals surface area contributed by atoms with E-state index in [1.54, 1.807) is 12.1 Å². The highest BCUT2D eigenvalue weighted by Gasteiger charge is 2.13. The number of amides is 1. The minimum Gasteiger partial charge on any atom is -0.454 e. The van der Waals surface area contributed by atoms with Crippen LogP contribution in [0.5, 0.6) is 11.5 Å². The number of benzene rings is 2. The van der Waals surface area contributed by atoms with Crippen LogP contribution in [0.15, 0.2) is 54.9 Å². The molecule has 0 aliphatic carbocycles. The molecule has 0 saturated carbocycles. The van der Waals surface area contributed by atoms with Crippen molar-refractivity contribution in [1.82, 2.24) is 9.97 Å². The lowest BCUT2D eigenvalue weighted by Crippen LogP contribution is -2.15. The van der Waals surface area contributed by atoms with Crippen molar-refractivity contribution in [3.63, 3.8) is 0 Å². The number of carbonyl (C=O) groups excluding carboxylic acids is 1. The van der Waals surface area contributed by atoms with Crippen LogP contribution in [-0.4, -0.2) is 22.7 Å². The Balaban J connectivity index is 1.37. The van der Waals surface area contributed by atoms with Gasteiger partial charge in [0.2, 0.25) is 6.79 Å². The fourth-order valence-corrected chi connectivity index (χ4v) is 2.53.